The van der Waals surface area contributed by atoms with E-state index in [1.165, 1.54) is 17.7 Å². The number of nitrogens with zero attached hydrogens (tertiary/aromatic N) is 5. The number of aromatic nitrogens is 2. The van der Waals surface area contributed by atoms with Crippen molar-refractivity contribution < 1.29 is 9.18 Å². The second-order valence-corrected chi connectivity index (χ2v) is 9.67. The summed E-state index contributed by atoms with van der Waals surface area (Å²) in [6.07, 6.45) is 0.773. The molecule has 38 heavy (non-hydrogen) atoms. The number of carbonyl (C=O) groups excluding carboxylic acids is 1. The Morgan fingerprint density at radius 1 is 1.11 bits per heavy atom. The zero-order chi connectivity index (χ0) is 26.6. The van der Waals surface area contributed by atoms with Crippen LogP contribution in [0.25, 0.3) is 5.69 Å². The maximum Gasteiger partial charge on any atom is 0.254 e. The summed E-state index contributed by atoms with van der Waals surface area (Å²) in [5.41, 5.74) is 6.80. The maximum atomic E-state index is 14.3. The average Bonchev–Trinajstić information content (AvgIpc) is 3.30. The van der Waals surface area contributed by atoms with Gasteiger partial charge in [0.25, 0.3) is 5.91 Å². The standard InChI is InChI=1S/C31H30FN5O/c1-3-36(31(38)25-11-7-10-24(16-25)18-33)21-28-27-20-35(19-23-8-5-4-6-9-23)15-14-29(27)37(34-28)30-17-26(32)13-12-22(30)2/h4-13,16-17H,3,14-15,19-21H2,1-2H3. The number of halogens is 1. The lowest BCUT2D eigenvalue weighted by molar-refractivity contribution is 0.0749. The normalized spacial score (nSPS) is 13.1. The molecule has 1 aliphatic heterocycles. The largest absolute Gasteiger partial charge is 0.333 e. The molecule has 2 heterocycles. The second kappa shape index (κ2) is 11.0. The predicted molar refractivity (Wildman–Crippen MR) is 144 cm³/mol. The van der Waals surface area contributed by atoms with E-state index in [9.17, 15) is 14.4 Å². The maximum absolute atomic E-state index is 14.3. The van der Waals surface area contributed by atoms with Crippen LogP contribution >= 0.6 is 0 Å². The Kier molecular flexibility index (Phi) is 7.34. The summed E-state index contributed by atoms with van der Waals surface area (Å²) in [5, 5.41) is 14.3. The van der Waals surface area contributed by atoms with Gasteiger partial charge < -0.3 is 4.90 Å². The van der Waals surface area contributed by atoms with Crippen LogP contribution in [0.2, 0.25) is 0 Å². The number of amides is 1. The van der Waals surface area contributed by atoms with Crippen molar-refractivity contribution in [3.05, 3.63) is 118 Å². The first-order valence-corrected chi connectivity index (χ1v) is 12.9. The van der Waals surface area contributed by atoms with Crippen LogP contribution in [0.1, 0.15) is 50.9 Å². The first-order chi connectivity index (χ1) is 18.5. The number of benzene rings is 3. The molecular weight excluding hydrogens is 477 g/mol. The van der Waals surface area contributed by atoms with E-state index >= 15 is 0 Å². The average molecular weight is 508 g/mol. The van der Waals surface area contributed by atoms with Crippen LogP contribution in [0, 0.1) is 24.1 Å². The highest BCUT2D eigenvalue weighted by Crippen LogP contribution is 2.29. The quantitative estimate of drug-likeness (QED) is 0.335. The SMILES string of the molecule is CCN(Cc1nn(-c2cc(F)ccc2C)c2c1CN(Cc1ccccc1)CC2)C(=O)c1cccc(C#N)c1. The fourth-order valence-electron chi connectivity index (χ4n) is 5.07. The van der Waals surface area contributed by atoms with Crippen LogP contribution in [-0.4, -0.2) is 38.6 Å². The van der Waals surface area contributed by atoms with Gasteiger partial charge in [0.2, 0.25) is 0 Å². The molecule has 1 amide bonds. The summed E-state index contributed by atoms with van der Waals surface area (Å²) in [6.45, 7) is 7.09. The molecule has 0 N–H and O–H groups in total. The lowest BCUT2D eigenvalue weighted by atomic mass is 10.0. The van der Waals surface area contributed by atoms with Crippen molar-refractivity contribution >= 4 is 5.91 Å². The molecule has 0 saturated carbocycles. The highest BCUT2D eigenvalue weighted by molar-refractivity contribution is 5.94. The summed E-state index contributed by atoms with van der Waals surface area (Å²) < 4.78 is 16.1. The molecule has 0 radical (unpaired) electrons. The summed E-state index contributed by atoms with van der Waals surface area (Å²) in [7, 11) is 0. The number of rotatable bonds is 7. The highest BCUT2D eigenvalue weighted by Gasteiger charge is 2.28. The third-order valence-electron chi connectivity index (χ3n) is 7.12. The minimum absolute atomic E-state index is 0.146. The van der Waals surface area contributed by atoms with Crippen LogP contribution in [0.4, 0.5) is 4.39 Å². The van der Waals surface area contributed by atoms with E-state index in [1.54, 1.807) is 35.2 Å². The lowest BCUT2D eigenvalue weighted by Gasteiger charge is -2.28. The third kappa shape index (κ3) is 5.22. The first-order valence-electron chi connectivity index (χ1n) is 12.9. The van der Waals surface area contributed by atoms with E-state index < -0.39 is 0 Å². The van der Waals surface area contributed by atoms with Crippen LogP contribution in [0.15, 0.2) is 72.8 Å². The molecule has 0 unspecified atom stereocenters. The zero-order valence-electron chi connectivity index (χ0n) is 21.7. The Labute approximate surface area is 222 Å². The highest BCUT2D eigenvalue weighted by atomic mass is 19.1. The Balaban J connectivity index is 1.51. The van der Waals surface area contributed by atoms with E-state index in [2.05, 4.69) is 23.1 Å². The number of nitriles is 1. The summed E-state index contributed by atoms with van der Waals surface area (Å²) >= 11 is 0. The van der Waals surface area contributed by atoms with Crippen LogP contribution in [0.3, 0.4) is 0 Å². The summed E-state index contributed by atoms with van der Waals surface area (Å²) in [6, 6.07) is 24.0. The van der Waals surface area contributed by atoms with Gasteiger partial charge >= 0.3 is 0 Å². The van der Waals surface area contributed by atoms with Gasteiger partial charge in [-0.2, -0.15) is 10.4 Å². The van der Waals surface area contributed by atoms with Gasteiger partial charge in [0.15, 0.2) is 0 Å². The van der Waals surface area contributed by atoms with Crippen LogP contribution < -0.4 is 0 Å². The van der Waals surface area contributed by atoms with Gasteiger partial charge in [-0.15, -0.1) is 0 Å². The molecule has 0 fully saturated rings. The van der Waals surface area contributed by atoms with Gasteiger partial charge in [-0.05, 0) is 55.3 Å². The lowest BCUT2D eigenvalue weighted by Crippen LogP contribution is -2.33. The number of carbonyl (C=O) groups is 1. The molecule has 6 nitrogen and oxygen atoms in total. The molecule has 5 rings (SSSR count). The predicted octanol–water partition coefficient (Wildman–Crippen LogP) is 5.41. The Morgan fingerprint density at radius 2 is 1.92 bits per heavy atom. The smallest absolute Gasteiger partial charge is 0.254 e. The minimum atomic E-state index is -0.305. The van der Waals surface area contributed by atoms with Crippen LogP contribution in [-0.2, 0) is 26.1 Å². The van der Waals surface area contributed by atoms with Gasteiger partial charge in [0.1, 0.15) is 5.82 Å². The van der Waals surface area contributed by atoms with Gasteiger partial charge in [0.05, 0.1) is 35.3 Å². The Morgan fingerprint density at radius 3 is 2.68 bits per heavy atom. The van der Waals surface area contributed by atoms with Crippen molar-refractivity contribution in [2.75, 3.05) is 13.1 Å². The van der Waals surface area contributed by atoms with E-state index in [0.29, 0.717) is 30.8 Å². The third-order valence-corrected chi connectivity index (χ3v) is 7.12. The van der Waals surface area contributed by atoms with Gasteiger partial charge in [-0.3, -0.25) is 9.69 Å². The van der Waals surface area contributed by atoms with Gasteiger partial charge in [-0.25, -0.2) is 9.07 Å². The number of fused-ring (bicyclic) bond motifs is 1. The second-order valence-electron chi connectivity index (χ2n) is 9.67. The topological polar surface area (TPSA) is 65.2 Å². The number of aryl methyl sites for hydroxylation is 1. The molecule has 7 heteroatoms. The molecule has 0 aliphatic carbocycles. The molecule has 0 saturated heterocycles. The molecular formula is C31H30FN5O. The fourth-order valence-corrected chi connectivity index (χ4v) is 5.07. The summed E-state index contributed by atoms with van der Waals surface area (Å²) in [4.78, 5) is 17.6. The van der Waals surface area contributed by atoms with Crippen molar-refractivity contribution in [3.63, 3.8) is 0 Å². The van der Waals surface area contributed by atoms with Crippen molar-refractivity contribution in [2.45, 2.75) is 39.9 Å². The van der Waals surface area contributed by atoms with E-state index in [-0.39, 0.29) is 11.7 Å². The molecule has 4 aromatic rings. The van der Waals surface area contributed by atoms with Gasteiger partial charge in [-0.1, -0.05) is 42.5 Å². The molecule has 0 spiro atoms. The van der Waals surface area contributed by atoms with E-state index in [1.807, 2.05) is 36.7 Å². The molecule has 0 atom stereocenters. The molecule has 1 aromatic heterocycles. The first kappa shape index (κ1) is 25.4. The van der Waals surface area contributed by atoms with Crippen molar-refractivity contribution in [1.29, 1.82) is 5.26 Å². The zero-order valence-corrected chi connectivity index (χ0v) is 21.7. The Hall–Kier alpha value is -4.28. The van der Waals surface area contributed by atoms with Crippen molar-refractivity contribution in [2.24, 2.45) is 0 Å². The Bertz CT molecular complexity index is 1500. The molecule has 1 aliphatic rings. The van der Waals surface area contributed by atoms with Gasteiger partial charge in [0, 0.05) is 43.7 Å². The van der Waals surface area contributed by atoms with E-state index in [0.717, 1.165) is 47.7 Å². The van der Waals surface area contributed by atoms with E-state index in [4.69, 9.17) is 5.10 Å². The fraction of sp³-hybridized carbons (Fsp3) is 0.258. The monoisotopic (exact) mass is 507 g/mol. The molecule has 192 valence electrons. The van der Waals surface area contributed by atoms with Crippen LogP contribution in [0.5, 0.6) is 0 Å². The molecule has 0 bridgehead atoms. The van der Waals surface area contributed by atoms with Crippen molar-refractivity contribution in [3.8, 4) is 11.8 Å². The summed E-state index contributed by atoms with van der Waals surface area (Å²) in [5.74, 6) is -0.451. The minimum Gasteiger partial charge on any atom is -0.333 e. The number of hydrogen-bond donors (Lipinski definition) is 0. The molecule has 3 aromatic carbocycles. The number of hydrogen-bond acceptors (Lipinski definition) is 4. The van der Waals surface area contributed by atoms with Crippen molar-refractivity contribution in [1.82, 2.24) is 19.6 Å².